The van der Waals surface area contributed by atoms with Gasteiger partial charge in [-0.2, -0.15) is 0 Å². The van der Waals surface area contributed by atoms with Crippen LogP contribution in [-0.2, 0) is 4.79 Å². The number of Topliss-reactive ketones (excluding diaryl/α,β-unsaturated/α-hetero) is 1. The van der Waals surface area contributed by atoms with Crippen LogP contribution in [0.1, 0.15) is 38.5 Å². The van der Waals surface area contributed by atoms with Gasteiger partial charge in [0.25, 0.3) is 0 Å². The van der Waals surface area contributed by atoms with Crippen molar-refractivity contribution in [3.05, 3.63) is 0 Å². The van der Waals surface area contributed by atoms with Gasteiger partial charge >= 0.3 is 0 Å². The van der Waals surface area contributed by atoms with Gasteiger partial charge in [0.15, 0.2) is 0 Å². The van der Waals surface area contributed by atoms with E-state index in [0.717, 1.165) is 45.1 Å². The maximum atomic E-state index is 11.0. The Morgan fingerprint density at radius 3 is 2.57 bits per heavy atom. The largest absolute Gasteiger partial charge is 0.396 e. The molecule has 0 aromatic carbocycles. The molecule has 1 N–H and O–H groups in total. The minimum Gasteiger partial charge on any atom is -0.396 e. The first-order valence-electron chi connectivity index (χ1n) is 5.57. The Kier molecular flexibility index (Phi) is 5.12. The van der Waals surface area contributed by atoms with Crippen LogP contribution in [0.25, 0.3) is 0 Å². The van der Waals surface area contributed by atoms with Crippen molar-refractivity contribution in [3.63, 3.8) is 0 Å². The third-order valence-corrected chi connectivity index (χ3v) is 3.06. The molecule has 0 amide bonds. The number of carbonyl (C=O) groups excluding carboxylic acids is 1. The first kappa shape index (κ1) is 11.7. The lowest BCUT2D eigenvalue weighted by atomic mass is 9.93. The number of unbranched alkanes of at least 4 members (excludes halogenated alkanes) is 1. The van der Waals surface area contributed by atoms with Crippen LogP contribution in [0.2, 0.25) is 0 Å². The third-order valence-electron chi connectivity index (χ3n) is 3.06. The zero-order valence-corrected chi connectivity index (χ0v) is 9.04. The Bertz CT molecular complexity index is 172. The summed E-state index contributed by atoms with van der Waals surface area (Å²) < 4.78 is 0. The van der Waals surface area contributed by atoms with Crippen LogP contribution in [-0.4, -0.2) is 42.0 Å². The second-order valence-electron chi connectivity index (χ2n) is 4.18. The Morgan fingerprint density at radius 1 is 1.36 bits per heavy atom. The maximum Gasteiger partial charge on any atom is 0.133 e. The zero-order chi connectivity index (χ0) is 10.4. The van der Waals surface area contributed by atoms with Crippen molar-refractivity contribution in [2.45, 2.75) is 44.6 Å². The van der Waals surface area contributed by atoms with E-state index in [9.17, 15) is 4.79 Å². The van der Waals surface area contributed by atoms with Gasteiger partial charge in [0, 0.05) is 25.5 Å². The van der Waals surface area contributed by atoms with Crippen LogP contribution in [0.3, 0.4) is 0 Å². The number of hydrogen-bond donors (Lipinski definition) is 1. The fourth-order valence-corrected chi connectivity index (χ4v) is 2.02. The molecule has 3 nitrogen and oxygen atoms in total. The van der Waals surface area contributed by atoms with E-state index in [1.54, 1.807) is 0 Å². The van der Waals surface area contributed by atoms with Crippen molar-refractivity contribution in [2.75, 3.05) is 20.2 Å². The smallest absolute Gasteiger partial charge is 0.133 e. The summed E-state index contributed by atoms with van der Waals surface area (Å²) >= 11 is 0. The van der Waals surface area contributed by atoms with Gasteiger partial charge in [-0.3, -0.25) is 4.79 Å². The van der Waals surface area contributed by atoms with E-state index in [4.69, 9.17) is 5.11 Å². The van der Waals surface area contributed by atoms with E-state index < -0.39 is 0 Å². The molecule has 0 aromatic rings. The van der Waals surface area contributed by atoms with Crippen LogP contribution in [0, 0.1) is 0 Å². The highest BCUT2D eigenvalue weighted by Crippen LogP contribution is 2.19. The molecule has 0 spiro atoms. The predicted octanol–water partition coefficient (Wildman–Crippen LogP) is 1.20. The van der Waals surface area contributed by atoms with Crippen LogP contribution in [0.5, 0.6) is 0 Å². The minimum absolute atomic E-state index is 0.289. The number of nitrogens with zero attached hydrogens (tertiary/aromatic N) is 1. The molecule has 1 fully saturated rings. The molecule has 14 heavy (non-hydrogen) atoms. The summed E-state index contributed by atoms with van der Waals surface area (Å²) in [7, 11) is 2.12. The molecule has 0 aromatic heterocycles. The van der Waals surface area contributed by atoms with Crippen molar-refractivity contribution in [1.29, 1.82) is 0 Å². The summed E-state index contributed by atoms with van der Waals surface area (Å²) in [6, 6.07) is 0.589. The first-order chi connectivity index (χ1) is 6.74. The van der Waals surface area contributed by atoms with Gasteiger partial charge in [-0.15, -0.1) is 0 Å². The van der Waals surface area contributed by atoms with E-state index in [0.29, 0.717) is 11.8 Å². The molecule has 1 rings (SSSR count). The number of rotatable bonds is 5. The number of carbonyl (C=O) groups is 1. The zero-order valence-electron chi connectivity index (χ0n) is 9.04. The Balaban J connectivity index is 2.16. The fourth-order valence-electron chi connectivity index (χ4n) is 2.02. The van der Waals surface area contributed by atoms with Crippen molar-refractivity contribution in [1.82, 2.24) is 4.90 Å². The van der Waals surface area contributed by atoms with E-state index in [2.05, 4.69) is 11.9 Å². The second-order valence-corrected chi connectivity index (χ2v) is 4.18. The summed E-state index contributed by atoms with van der Waals surface area (Å²) in [5.41, 5.74) is 0. The molecule has 0 saturated heterocycles. The van der Waals surface area contributed by atoms with Gasteiger partial charge in [0.05, 0.1) is 0 Å². The average Bonchev–Trinajstić information content (AvgIpc) is 2.19. The Morgan fingerprint density at radius 2 is 2.00 bits per heavy atom. The quantitative estimate of drug-likeness (QED) is 0.676. The van der Waals surface area contributed by atoms with E-state index in [1.807, 2.05) is 0 Å². The summed E-state index contributed by atoms with van der Waals surface area (Å²) in [6.45, 7) is 1.33. The van der Waals surface area contributed by atoms with E-state index in [-0.39, 0.29) is 6.61 Å². The van der Waals surface area contributed by atoms with Gasteiger partial charge in [0.2, 0.25) is 0 Å². The average molecular weight is 199 g/mol. The molecule has 0 aliphatic heterocycles. The number of hydrogen-bond acceptors (Lipinski definition) is 3. The van der Waals surface area contributed by atoms with Gasteiger partial charge in [-0.05, 0) is 39.3 Å². The lowest BCUT2D eigenvalue weighted by molar-refractivity contribution is -0.121. The highest BCUT2D eigenvalue weighted by atomic mass is 16.2. The van der Waals surface area contributed by atoms with Crippen molar-refractivity contribution >= 4 is 5.78 Å². The predicted molar refractivity (Wildman–Crippen MR) is 56.2 cm³/mol. The SMILES string of the molecule is CN(CCCCO)C1CCC(=O)CC1. The molecule has 0 bridgehead atoms. The van der Waals surface area contributed by atoms with Crippen molar-refractivity contribution in [2.24, 2.45) is 0 Å². The van der Waals surface area contributed by atoms with Crippen LogP contribution < -0.4 is 0 Å². The minimum atomic E-state index is 0.289. The van der Waals surface area contributed by atoms with Gasteiger partial charge in [-0.1, -0.05) is 0 Å². The highest BCUT2D eigenvalue weighted by Gasteiger charge is 2.21. The van der Waals surface area contributed by atoms with Gasteiger partial charge in [-0.25, -0.2) is 0 Å². The number of aliphatic hydroxyl groups is 1. The van der Waals surface area contributed by atoms with Crippen molar-refractivity contribution in [3.8, 4) is 0 Å². The third kappa shape index (κ3) is 3.76. The molecular weight excluding hydrogens is 178 g/mol. The van der Waals surface area contributed by atoms with E-state index in [1.165, 1.54) is 0 Å². The van der Waals surface area contributed by atoms with Crippen molar-refractivity contribution < 1.29 is 9.90 Å². The Hall–Kier alpha value is -0.410. The summed E-state index contributed by atoms with van der Waals surface area (Å²) in [6.07, 6.45) is 5.50. The molecular formula is C11H21NO2. The molecule has 1 aliphatic carbocycles. The lowest BCUT2D eigenvalue weighted by Crippen LogP contribution is -2.35. The molecule has 1 aliphatic rings. The highest BCUT2D eigenvalue weighted by molar-refractivity contribution is 5.79. The monoisotopic (exact) mass is 199 g/mol. The second kappa shape index (κ2) is 6.14. The summed E-state index contributed by atoms with van der Waals surface area (Å²) in [5, 5.41) is 8.66. The first-order valence-corrected chi connectivity index (χ1v) is 5.57. The maximum absolute atomic E-state index is 11.0. The molecule has 0 radical (unpaired) electrons. The number of ketones is 1. The fraction of sp³-hybridized carbons (Fsp3) is 0.909. The van der Waals surface area contributed by atoms with Crippen LogP contribution >= 0.6 is 0 Å². The van der Waals surface area contributed by atoms with Gasteiger partial charge in [0.1, 0.15) is 5.78 Å². The van der Waals surface area contributed by atoms with E-state index >= 15 is 0 Å². The number of aliphatic hydroxyl groups excluding tert-OH is 1. The van der Waals surface area contributed by atoms with Gasteiger partial charge < -0.3 is 10.0 Å². The van der Waals surface area contributed by atoms with Crippen LogP contribution in [0.4, 0.5) is 0 Å². The topological polar surface area (TPSA) is 40.5 Å². The molecule has 0 heterocycles. The normalized spacial score (nSPS) is 19.2. The molecule has 0 atom stereocenters. The summed E-state index contributed by atoms with van der Waals surface area (Å²) in [4.78, 5) is 13.4. The standard InChI is InChI=1S/C11H21NO2/c1-12(8-2-3-9-13)10-4-6-11(14)7-5-10/h10,13H,2-9H2,1H3. The molecule has 3 heteroatoms. The Labute approximate surface area is 86.1 Å². The molecule has 82 valence electrons. The lowest BCUT2D eigenvalue weighted by Gasteiger charge is -2.30. The van der Waals surface area contributed by atoms with Crippen LogP contribution in [0.15, 0.2) is 0 Å². The molecule has 1 saturated carbocycles. The summed E-state index contributed by atoms with van der Waals surface area (Å²) in [5.74, 6) is 0.421. The molecule has 0 unspecified atom stereocenters.